The lowest BCUT2D eigenvalue weighted by molar-refractivity contribution is 0.316. The minimum Gasteiger partial charge on any atom is -0.409 e. The molecule has 11 heteroatoms. The van der Waals surface area contributed by atoms with Crippen LogP contribution in [-0.2, 0) is 17.1 Å². The molecule has 0 radical (unpaired) electrons. The topological polar surface area (TPSA) is 127 Å². The van der Waals surface area contributed by atoms with Gasteiger partial charge in [-0.3, -0.25) is 0 Å². The lowest BCUT2D eigenvalue weighted by atomic mass is 10.4. The lowest BCUT2D eigenvalue weighted by Gasteiger charge is -2.16. The number of nitrogens with zero attached hydrogens (tertiary/aromatic N) is 5. The fourth-order valence-electron chi connectivity index (χ4n) is 1.19. The van der Waals surface area contributed by atoms with Crippen molar-refractivity contribution in [2.45, 2.75) is 11.4 Å². The molecule has 0 unspecified atom stereocenters. The molecule has 0 saturated carbocycles. The standard InChI is InChI=1S/C7H13BrN6O3S/c1-13(4-3-5(9)11-15)18(16,17)7-6(8)10-12-14(7)2/h15H,3-4H2,1-2H3,(H2,9,11). The van der Waals surface area contributed by atoms with Gasteiger partial charge in [-0.15, -0.1) is 5.10 Å². The molecule has 0 bridgehead atoms. The normalized spacial score (nSPS) is 13.2. The highest BCUT2D eigenvalue weighted by molar-refractivity contribution is 9.10. The molecule has 0 aliphatic carbocycles. The molecule has 0 fully saturated rings. The first-order chi connectivity index (χ1) is 8.30. The second-order valence-electron chi connectivity index (χ2n) is 3.48. The Morgan fingerprint density at radius 2 is 2.28 bits per heavy atom. The van der Waals surface area contributed by atoms with Crippen molar-refractivity contribution in [1.29, 1.82) is 0 Å². The Kier molecular flexibility index (Phi) is 4.65. The van der Waals surface area contributed by atoms with Crippen LogP contribution in [0.15, 0.2) is 14.8 Å². The number of hydrogen-bond donors (Lipinski definition) is 2. The average molecular weight is 341 g/mol. The number of nitrogens with two attached hydrogens (primary N) is 1. The second-order valence-corrected chi connectivity index (χ2v) is 6.19. The predicted octanol–water partition coefficient (Wildman–Crippen LogP) is -0.665. The van der Waals surface area contributed by atoms with Crippen molar-refractivity contribution in [1.82, 2.24) is 19.3 Å². The quantitative estimate of drug-likeness (QED) is 0.317. The third-order valence-electron chi connectivity index (χ3n) is 2.20. The van der Waals surface area contributed by atoms with Crippen LogP contribution in [0, 0.1) is 0 Å². The first-order valence-corrected chi connectivity index (χ1v) is 7.02. The van der Waals surface area contributed by atoms with Gasteiger partial charge in [0, 0.05) is 27.1 Å². The van der Waals surface area contributed by atoms with E-state index in [-0.39, 0.29) is 28.4 Å². The zero-order chi connectivity index (χ0) is 13.9. The van der Waals surface area contributed by atoms with E-state index in [0.29, 0.717) is 0 Å². The van der Waals surface area contributed by atoms with Gasteiger partial charge in [-0.05, 0) is 15.9 Å². The van der Waals surface area contributed by atoms with Crippen LogP contribution in [0.2, 0.25) is 0 Å². The van der Waals surface area contributed by atoms with E-state index in [1.165, 1.54) is 14.1 Å². The van der Waals surface area contributed by atoms with Crippen LogP contribution >= 0.6 is 15.9 Å². The van der Waals surface area contributed by atoms with Gasteiger partial charge in [0.05, 0.1) is 0 Å². The highest BCUT2D eigenvalue weighted by Gasteiger charge is 2.28. The Hall–Kier alpha value is -1.20. The Morgan fingerprint density at radius 3 is 2.72 bits per heavy atom. The van der Waals surface area contributed by atoms with Gasteiger partial charge in [-0.1, -0.05) is 10.4 Å². The molecule has 0 atom stereocenters. The Morgan fingerprint density at radius 1 is 1.67 bits per heavy atom. The van der Waals surface area contributed by atoms with Gasteiger partial charge in [-0.2, -0.15) is 4.31 Å². The van der Waals surface area contributed by atoms with Gasteiger partial charge in [0.1, 0.15) is 5.84 Å². The summed E-state index contributed by atoms with van der Waals surface area (Å²) < 4.78 is 26.7. The zero-order valence-corrected chi connectivity index (χ0v) is 12.2. The summed E-state index contributed by atoms with van der Waals surface area (Å²) in [5, 5.41) is 18.3. The Bertz CT molecular complexity index is 534. The van der Waals surface area contributed by atoms with Gasteiger partial charge in [-0.25, -0.2) is 13.1 Å². The SMILES string of the molecule is CN(CCC(N)=NO)S(=O)(=O)c1c(Br)nnn1C. The molecule has 1 rings (SSSR count). The van der Waals surface area contributed by atoms with E-state index in [9.17, 15) is 8.42 Å². The first-order valence-electron chi connectivity index (χ1n) is 4.78. The molecule has 3 N–H and O–H groups in total. The molecule has 102 valence electrons. The number of rotatable bonds is 5. The molecule has 1 heterocycles. The molecule has 0 aliphatic heterocycles. The number of halogens is 1. The number of amidine groups is 1. The summed E-state index contributed by atoms with van der Waals surface area (Å²) >= 11 is 3.03. The van der Waals surface area contributed by atoms with E-state index in [2.05, 4.69) is 31.4 Å². The third kappa shape index (κ3) is 2.97. The molecule has 0 aromatic carbocycles. The van der Waals surface area contributed by atoms with E-state index < -0.39 is 10.0 Å². The van der Waals surface area contributed by atoms with E-state index in [0.717, 1.165) is 8.99 Å². The molecule has 0 amide bonds. The van der Waals surface area contributed by atoms with E-state index in [1.807, 2.05) is 0 Å². The molecule has 18 heavy (non-hydrogen) atoms. The van der Waals surface area contributed by atoms with Crippen LogP contribution in [0.4, 0.5) is 0 Å². The summed E-state index contributed by atoms with van der Waals surface area (Å²) in [6.45, 7) is 0.0792. The summed E-state index contributed by atoms with van der Waals surface area (Å²) in [7, 11) is -0.866. The molecule has 0 saturated heterocycles. The minimum atomic E-state index is -3.73. The summed E-state index contributed by atoms with van der Waals surface area (Å²) in [5.41, 5.74) is 5.28. The van der Waals surface area contributed by atoms with Crippen LogP contribution in [-0.4, -0.2) is 52.4 Å². The smallest absolute Gasteiger partial charge is 0.262 e. The molecule has 9 nitrogen and oxygen atoms in total. The van der Waals surface area contributed by atoms with E-state index in [1.54, 1.807) is 0 Å². The maximum atomic E-state index is 12.2. The molecule has 0 spiro atoms. The van der Waals surface area contributed by atoms with E-state index in [4.69, 9.17) is 10.9 Å². The van der Waals surface area contributed by atoms with Crippen LogP contribution in [0.25, 0.3) is 0 Å². The van der Waals surface area contributed by atoms with Gasteiger partial charge in [0.15, 0.2) is 4.60 Å². The maximum Gasteiger partial charge on any atom is 0.262 e. The lowest BCUT2D eigenvalue weighted by Crippen LogP contribution is -2.32. The minimum absolute atomic E-state index is 0.0424. The van der Waals surface area contributed by atoms with E-state index >= 15 is 0 Å². The number of oxime groups is 1. The third-order valence-corrected chi connectivity index (χ3v) is 4.95. The molecular weight excluding hydrogens is 328 g/mol. The summed E-state index contributed by atoms with van der Waals surface area (Å²) in [4.78, 5) is 0. The monoisotopic (exact) mass is 340 g/mol. The van der Waals surface area contributed by atoms with Gasteiger partial charge in [0.25, 0.3) is 10.0 Å². The van der Waals surface area contributed by atoms with Crippen LogP contribution in [0.5, 0.6) is 0 Å². The van der Waals surface area contributed by atoms with Crippen molar-refractivity contribution in [3.05, 3.63) is 4.60 Å². The highest BCUT2D eigenvalue weighted by atomic mass is 79.9. The van der Waals surface area contributed by atoms with Crippen molar-refractivity contribution in [2.75, 3.05) is 13.6 Å². The van der Waals surface area contributed by atoms with Gasteiger partial charge >= 0.3 is 0 Å². The highest BCUT2D eigenvalue weighted by Crippen LogP contribution is 2.21. The maximum absolute atomic E-state index is 12.2. The van der Waals surface area contributed by atoms with Crippen molar-refractivity contribution in [3.8, 4) is 0 Å². The summed E-state index contributed by atoms with van der Waals surface area (Å²) in [5.74, 6) is -0.0424. The van der Waals surface area contributed by atoms with Crippen molar-refractivity contribution >= 4 is 31.8 Å². The fraction of sp³-hybridized carbons (Fsp3) is 0.571. The van der Waals surface area contributed by atoms with Crippen LogP contribution in [0.1, 0.15) is 6.42 Å². The van der Waals surface area contributed by atoms with Crippen LogP contribution in [0.3, 0.4) is 0 Å². The van der Waals surface area contributed by atoms with Gasteiger partial charge in [0.2, 0.25) is 5.03 Å². The molecule has 1 aromatic rings. The van der Waals surface area contributed by atoms with Gasteiger partial charge < -0.3 is 10.9 Å². The summed E-state index contributed by atoms with van der Waals surface area (Å²) in [6, 6.07) is 0. The van der Waals surface area contributed by atoms with Crippen molar-refractivity contribution in [2.24, 2.45) is 17.9 Å². The summed E-state index contributed by atoms with van der Waals surface area (Å²) in [6.07, 6.45) is 0.120. The largest absolute Gasteiger partial charge is 0.409 e. The Labute approximate surface area is 112 Å². The number of aromatic nitrogens is 3. The number of hydrogen-bond acceptors (Lipinski definition) is 6. The van der Waals surface area contributed by atoms with Crippen molar-refractivity contribution < 1.29 is 13.6 Å². The number of sulfonamides is 1. The zero-order valence-electron chi connectivity index (χ0n) is 9.78. The second kappa shape index (κ2) is 5.63. The first kappa shape index (κ1) is 14.9. The predicted molar refractivity (Wildman–Crippen MR) is 66.5 cm³/mol. The Balaban J connectivity index is 2.94. The van der Waals surface area contributed by atoms with Crippen LogP contribution < -0.4 is 5.73 Å². The fourth-order valence-corrected chi connectivity index (χ4v) is 3.38. The average Bonchev–Trinajstić information content (AvgIpc) is 2.65. The van der Waals surface area contributed by atoms with Crippen molar-refractivity contribution in [3.63, 3.8) is 0 Å². The number of aryl methyl sites for hydroxylation is 1. The molecule has 1 aromatic heterocycles. The molecular formula is C7H13BrN6O3S. The molecule has 0 aliphatic rings.